The molecule has 2 aliphatic rings. The molecule has 144 valence electrons. The van der Waals surface area contributed by atoms with Gasteiger partial charge in [-0.3, -0.25) is 4.79 Å². The molecule has 4 rings (SSSR count). The van der Waals surface area contributed by atoms with Crippen LogP contribution < -0.4 is 4.90 Å². The topological polar surface area (TPSA) is 73.1 Å². The first-order valence-corrected chi connectivity index (χ1v) is 9.96. The molecule has 1 saturated heterocycles. The fourth-order valence-electron chi connectivity index (χ4n) is 4.74. The number of anilines is 1. The van der Waals surface area contributed by atoms with Gasteiger partial charge in [0.1, 0.15) is 6.04 Å². The van der Waals surface area contributed by atoms with Crippen LogP contribution in [0.5, 0.6) is 0 Å². The highest BCUT2D eigenvalue weighted by atomic mass is 16.2. The number of amides is 1. The number of likely N-dealkylation sites (N-methyl/N-ethyl adjacent to an activating group) is 1. The van der Waals surface area contributed by atoms with Crippen LogP contribution in [-0.2, 0) is 11.3 Å². The van der Waals surface area contributed by atoms with Crippen LogP contribution in [0.2, 0.25) is 0 Å². The minimum absolute atomic E-state index is 0.101. The van der Waals surface area contributed by atoms with Crippen LogP contribution in [0, 0.1) is 17.2 Å². The third-order valence-electron chi connectivity index (χ3n) is 6.01. The molecule has 3 atom stereocenters. The summed E-state index contributed by atoms with van der Waals surface area (Å²) in [6.07, 6.45) is 9.06. The third kappa shape index (κ3) is 3.57. The molecule has 2 aromatic rings. The molecular formula is C22H25N5O. The molecule has 1 aromatic carbocycles. The Hall–Kier alpha value is -2.94. The van der Waals surface area contributed by atoms with Crippen molar-refractivity contribution >= 4 is 11.9 Å². The second-order valence-electron chi connectivity index (χ2n) is 7.83. The Balaban J connectivity index is 1.56. The number of nitrogens with zero attached hydrogens (tertiary/aromatic N) is 5. The summed E-state index contributed by atoms with van der Waals surface area (Å²) in [4.78, 5) is 26.3. The van der Waals surface area contributed by atoms with Crippen LogP contribution in [0.4, 0.5) is 5.95 Å². The van der Waals surface area contributed by atoms with Crippen molar-refractivity contribution in [3.63, 3.8) is 0 Å². The number of nitriles is 1. The molecule has 2 heterocycles. The number of rotatable bonds is 4. The molecule has 6 nitrogen and oxygen atoms in total. The minimum atomic E-state index is -0.223. The monoisotopic (exact) mass is 375 g/mol. The second kappa shape index (κ2) is 7.97. The zero-order chi connectivity index (χ0) is 19.5. The molecule has 1 saturated carbocycles. The van der Waals surface area contributed by atoms with Gasteiger partial charge >= 0.3 is 0 Å². The van der Waals surface area contributed by atoms with E-state index in [4.69, 9.17) is 5.26 Å². The van der Waals surface area contributed by atoms with Crippen molar-refractivity contribution in [3.05, 3.63) is 53.9 Å². The van der Waals surface area contributed by atoms with E-state index in [1.807, 2.05) is 31.3 Å². The number of aromatic nitrogens is 2. The van der Waals surface area contributed by atoms with Crippen molar-refractivity contribution in [3.8, 4) is 6.07 Å². The highest BCUT2D eigenvalue weighted by Gasteiger charge is 2.46. The van der Waals surface area contributed by atoms with Crippen LogP contribution in [0.15, 0.2) is 42.7 Å². The summed E-state index contributed by atoms with van der Waals surface area (Å²) in [6, 6.07) is 11.5. The average Bonchev–Trinajstić information content (AvgIpc) is 3.13. The molecule has 28 heavy (non-hydrogen) atoms. The predicted octanol–water partition coefficient (Wildman–Crippen LogP) is 3.14. The van der Waals surface area contributed by atoms with Crippen molar-refractivity contribution in [2.45, 2.75) is 50.7 Å². The van der Waals surface area contributed by atoms with E-state index in [0.29, 0.717) is 30.0 Å². The van der Waals surface area contributed by atoms with E-state index in [1.54, 1.807) is 23.4 Å². The second-order valence-corrected chi connectivity index (χ2v) is 7.83. The highest BCUT2D eigenvalue weighted by molar-refractivity contribution is 5.85. The number of carbonyl (C=O) groups is 1. The lowest BCUT2D eigenvalue weighted by atomic mass is 9.84. The van der Waals surface area contributed by atoms with Crippen LogP contribution in [-0.4, -0.2) is 39.9 Å². The van der Waals surface area contributed by atoms with Crippen molar-refractivity contribution < 1.29 is 4.79 Å². The van der Waals surface area contributed by atoms with E-state index in [-0.39, 0.29) is 11.9 Å². The molecule has 1 aromatic heterocycles. The van der Waals surface area contributed by atoms with Gasteiger partial charge in [-0.05, 0) is 48.9 Å². The Morgan fingerprint density at radius 2 is 2.04 bits per heavy atom. The van der Waals surface area contributed by atoms with Crippen LogP contribution in [0.1, 0.15) is 43.2 Å². The van der Waals surface area contributed by atoms with Gasteiger partial charge in [0.15, 0.2) is 0 Å². The van der Waals surface area contributed by atoms with Crippen molar-refractivity contribution in [1.82, 2.24) is 14.9 Å². The molecule has 6 heteroatoms. The molecule has 0 bridgehead atoms. The van der Waals surface area contributed by atoms with Gasteiger partial charge in [0.25, 0.3) is 0 Å². The Labute approximate surface area is 165 Å². The summed E-state index contributed by atoms with van der Waals surface area (Å²) in [5, 5.41) is 9.11. The van der Waals surface area contributed by atoms with Gasteiger partial charge in [0.05, 0.1) is 11.6 Å². The zero-order valence-electron chi connectivity index (χ0n) is 16.2. The molecule has 1 aliphatic heterocycles. The van der Waals surface area contributed by atoms with E-state index in [2.05, 4.69) is 20.9 Å². The Kier molecular flexibility index (Phi) is 5.25. The summed E-state index contributed by atoms with van der Waals surface area (Å²) in [6.45, 7) is 0.490. The SMILES string of the molecule is CN(Cc1cccc(C#N)c1)C(=O)C1CC2CCCCC2N1c1ncccn1. The maximum absolute atomic E-state index is 13.4. The zero-order valence-corrected chi connectivity index (χ0v) is 16.2. The molecule has 2 fully saturated rings. The Morgan fingerprint density at radius 3 is 2.82 bits per heavy atom. The molecule has 0 radical (unpaired) electrons. The van der Waals surface area contributed by atoms with Crippen molar-refractivity contribution in [1.29, 1.82) is 5.26 Å². The minimum Gasteiger partial charge on any atom is -0.340 e. The van der Waals surface area contributed by atoms with E-state index >= 15 is 0 Å². The number of fused-ring (bicyclic) bond motifs is 1. The molecule has 0 N–H and O–H groups in total. The van der Waals surface area contributed by atoms with Crippen LogP contribution in [0.25, 0.3) is 0 Å². The normalized spacial score (nSPS) is 23.7. The fraction of sp³-hybridized carbons (Fsp3) is 0.455. The predicted molar refractivity (Wildman–Crippen MR) is 106 cm³/mol. The molecule has 3 unspecified atom stereocenters. The summed E-state index contributed by atoms with van der Waals surface area (Å²) >= 11 is 0. The van der Waals surface area contributed by atoms with Gasteiger partial charge in [0, 0.05) is 32.0 Å². The van der Waals surface area contributed by atoms with Gasteiger partial charge in [-0.15, -0.1) is 0 Å². The summed E-state index contributed by atoms with van der Waals surface area (Å²) in [7, 11) is 1.84. The number of hydrogen-bond donors (Lipinski definition) is 0. The Bertz CT molecular complexity index is 878. The van der Waals surface area contributed by atoms with E-state index in [1.165, 1.54) is 19.3 Å². The number of hydrogen-bond acceptors (Lipinski definition) is 5. The van der Waals surface area contributed by atoms with E-state index in [0.717, 1.165) is 18.4 Å². The summed E-state index contributed by atoms with van der Waals surface area (Å²) in [5.41, 5.74) is 1.58. The van der Waals surface area contributed by atoms with Crippen molar-refractivity contribution in [2.24, 2.45) is 5.92 Å². The fourth-order valence-corrected chi connectivity index (χ4v) is 4.74. The molecule has 0 spiro atoms. The first kappa shape index (κ1) is 18.4. The quantitative estimate of drug-likeness (QED) is 0.821. The smallest absolute Gasteiger partial charge is 0.245 e. The standard InChI is InChI=1S/C22H25N5O/c1-26(15-17-7-4-6-16(12-17)14-23)21(28)20-13-18-8-2-3-9-19(18)27(20)22-24-10-5-11-25-22/h4-7,10-12,18-20H,2-3,8-9,13,15H2,1H3. The van der Waals surface area contributed by atoms with Crippen LogP contribution >= 0.6 is 0 Å². The Morgan fingerprint density at radius 1 is 1.25 bits per heavy atom. The first-order chi connectivity index (χ1) is 13.7. The van der Waals surface area contributed by atoms with Gasteiger partial charge in [-0.2, -0.15) is 5.26 Å². The lowest BCUT2D eigenvalue weighted by Gasteiger charge is -2.34. The van der Waals surface area contributed by atoms with E-state index < -0.39 is 0 Å². The molecule has 1 aliphatic carbocycles. The van der Waals surface area contributed by atoms with Gasteiger partial charge < -0.3 is 9.80 Å². The summed E-state index contributed by atoms with van der Waals surface area (Å²) in [5.74, 6) is 1.29. The number of carbonyl (C=O) groups excluding carboxylic acids is 1. The van der Waals surface area contributed by atoms with Gasteiger partial charge in [0.2, 0.25) is 11.9 Å². The molecule has 1 amide bonds. The maximum Gasteiger partial charge on any atom is 0.245 e. The summed E-state index contributed by atoms with van der Waals surface area (Å²) < 4.78 is 0. The maximum atomic E-state index is 13.4. The van der Waals surface area contributed by atoms with Crippen molar-refractivity contribution in [2.75, 3.05) is 11.9 Å². The van der Waals surface area contributed by atoms with Crippen LogP contribution in [0.3, 0.4) is 0 Å². The highest BCUT2D eigenvalue weighted by Crippen LogP contribution is 2.41. The molecular weight excluding hydrogens is 350 g/mol. The number of benzene rings is 1. The lowest BCUT2D eigenvalue weighted by Crippen LogP contribution is -2.47. The van der Waals surface area contributed by atoms with Gasteiger partial charge in [-0.25, -0.2) is 9.97 Å². The average molecular weight is 375 g/mol. The lowest BCUT2D eigenvalue weighted by molar-refractivity contribution is -0.131. The largest absolute Gasteiger partial charge is 0.340 e. The van der Waals surface area contributed by atoms with E-state index in [9.17, 15) is 4.79 Å². The van der Waals surface area contributed by atoms with Gasteiger partial charge in [-0.1, -0.05) is 25.0 Å². The first-order valence-electron chi connectivity index (χ1n) is 9.96. The third-order valence-corrected chi connectivity index (χ3v) is 6.01.